The minimum atomic E-state index is -0.0632. The summed E-state index contributed by atoms with van der Waals surface area (Å²) in [6, 6.07) is 6.17. The number of ether oxygens (including phenoxy) is 2. The first-order valence-corrected chi connectivity index (χ1v) is 11.3. The summed E-state index contributed by atoms with van der Waals surface area (Å²) in [5.74, 6) is 0. The predicted octanol–water partition coefficient (Wildman–Crippen LogP) is 3.18. The van der Waals surface area contributed by atoms with Crippen LogP contribution in [0.1, 0.15) is 42.4 Å². The summed E-state index contributed by atoms with van der Waals surface area (Å²) in [5, 5.41) is 5.09. The fourth-order valence-electron chi connectivity index (χ4n) is 4.41. The molecule has 4 rings (SSSR count). The quantitative estimate of drug-likeness (QED) is 0.688. The van der Waals surface area contributed by atoms with Crippen molar-refractivity contribution >= 4 is 28.2 Å². The van der Waals surface area contributed by atoms with Gasteiger partial charge in [0.1, 0.15) is 0 Å². The van der Waals surface area contributed by atoms with Gasteiger partial charge in [-0.15, -0.1) is 0 Å². The van der Waals surface area contributed by atoms with Crippen LogP contribution < -0.4 is 10.9 Å². The number of fused-ring (bicyclic) bond motifs is 1. The number of thiocarbonyl (C=S) groups is 1. The van der Waals surface area contributed by atoms with Gasteiger partial charge in [0, 0.05) is 42.8 Å². The molecule has 2 N–H and O–H groups in total. The summed E-state index contributed by atoms with van der Waals surface area (Å²) in [7, 11) is 0. The summed E-state index contributed by atoms with van der Waals surface area (Å²) in [5.41, 5.74) is 3.83. The number of aromatic nitrogens is 1. The summed E-state index contributed by atoms with van der Waals surface area (Å²) in [6.45, 7) is 7.58. The maximum Gasteiger partial charge on any atom is 0.253 e. The Labute approximate surface area is 182 Å². The molecular weight excluding hydrogens is 398 g/mol. The van der Waals surface area contributed by atoms with E-state index in [1.807, 2.05) is 19.1 Å². The lowest BCUT2D eigenvalue weighted by molar-refractivity contribution is 0.0885. The van der Waals surface area contributed by atoms with Gasteiger partial charge in [-0.05, 0) is 75.0 Å². The molecule has 6 nitrogen and oxygen atoms in total. The maximum atomic E-state index is 12.8. The average molecular weight is 430 g/mol. The molecule has 30 heavy (non-hydrogen) atoms. The molecule has 2 saturated heterocycles. The average Bonchev–Trinajstić information content (AvgIpc) is 3.40. The zero-order chi connectivity index (χ0) is 21.1. The Balaban J connectivity index is 1.54. The molecule has 0 bridgehead atoms. The van der Waals surface area contributed by atoms with E-state index >= 15 is 0 Å². The number of aromatic amines is 1. The standard InChI is InChI=1S/C23H31N3O3S/c1-15-9-16(2)20-11-17(22(27)25-21(20)10-15)13-26(14-19-6-4-8-29-19)23(30)24-12-18-5-3-7-28-18/h9-11,18-19H,3-8,12-14H2,1-2H3,(H,24,30)(H,25,27)/t18-,19-/m0/s1. The van der Waals surface area contributed by atoms with Crippen LogP contribution in [0, 0.1) is 13.8 Å². The van der Waals surface area contributed by atoms with Crippen molar-refractivity contribution in [3.63, 3.8) is 0 Å². The lowest BCUT2D eigenvalue weighted by atomic mass is 10.0. The van der Waals surface area contributed by atoms with Crippen LogP contribution in [0.25, 0.3) is 10.9 Å². The minimum absolute atomic E-state index is 0.0632. The zero-order valence-corrected chi connectivity index (χ0v) is 18.6. The smallest absolute Gasteiger partial charge is 0.253 e. The summed E-state index contributed by atoms with van der Waals surface area (Å²) < 4.78 is 11.5. The van der Waals surface area contributed by atoms with Gasteiger partial charge in [0.2, 0.25) is 0 Å². The number of hydrogen-bond donors (Lipinski definition) is 2. The Morgan fingerprint density at radius 3 is 2.60 bits per heavy atom. The molecule has 2 aromatic rings. The lowest BCUT2D eigenvalue weighted by Gasteiger charge is -2.29. The number of aryl methyl sites for hydroxylation is 2. The van der Waals surface area contributed by atoms with Gasteiger partial charge in [-0.25, -0.2) is 0 Å². The van der Waals surface area contributed by atoms with E-state index in [0.717, 1.165) is 60.9 Å². The molecule has 0 amide bonds. The van der Waals surface area contributed by atoms with Crippen molar-refractivity contribution in [3.05, 3.63) is 45.2 Å². The second-order valence-electron chi connectivity index (χ2n) is 8.50. The molecule has 2 atom stereocenters. The van der Waals surface area contributed by atoms with Crippen LogP contribution in [0.4, 0.5) is 0 Å². The van der Waals surface area contributed by atoms with Gasteiger partial charge in [-0.2, -0.15) is 0 Å². The van der Waals surface area contributed by atoms with Gasteiger partial charge in [0.15, 0.2) is 5.11 Å². The van der Waals surface area contributed by atoms with Crippen LogP contribution in [0.3, 0.4) is 0 Å². The second kappa shape index (κ2) is 9.45. The van der Waals surface area contributed by atoms with Gasteiger partial charge in [-0.3, -0.25) is 4.79 Å². The van der Waals surface area contributed by atoms with Gasteiger partial charge >= 0.3 is 0 Å². The number of hydrogen-bond acceptors (Lipinski definition) is 4. The highest BCUT2D eigenvalue weighted by Crippen LogP contribution is 2.20. The Morgan fingerprint density at radius 1 is 1.17 bits per heavy atom. The van der Waals surface area contributed by atoms with Gasteiger partial charge in [0.25, 0.3) is 5.56 Å². The van der Waals surface area contributed by atoms with Crippen LogP contribution in [0.5, 0.6) is 0 Å². The molecule has 162 valence electrons. The van der Waals surface area contributed by atoms with Crippen LogP contribution in [-0.2, 0) is 16.0 Å². The largest absolute Gasteiger partial charge is 0.376 e. The molecule has 1 aromatic carbocycles. The minimum Gasteiger partial charge on any atom is -0.376 e. The highest BCUT2D eigenvalue weighted by atomic mass is 32.1. The predicted molar refractivity (Wildman–Crippen MR) is 123 cm³/mol. The molecule has 0 radical (unpaired) electrons. The fourth-order valence-corrected chi connectivity index (χ4v) is 4.63. The first-order valence-electron chi connectivity index (χ1n) is 10.9. The first-order chi connectivity index (χ1) is 14.5. The number of nitrogens with one attached hydrogen (secondary N) is 2. The fraction of sp³-hybridized carbons (Fsp3) is 0.565. The van der Waals surface area contributed by atoms with Crippen LogP contribution in [-0.4, -0.2) is 53.5 Å². The molecule has 0 unspecified atom stereocenters. The highest BCUT2D eigenvalue weighted by molar-refractivity contribution is 7.80. The van der Waals surface area contributed by atoms with E-state index < -0.39 is 0 Å². The molecule has 2 aliphatic rings. The van der Waals surface area contributed by atoms with E-state index in [9.17, 15) is 4.79 Å². The van der Waals surface area contributed by atoms with Gasteiger partial charge in [-0.1, -0.05) is 6.07 Å². The Bertz CT molecular complexity index is 962. The van der Waals surface area contributed by atoms with E-state index in [1.165, 1.54) is 0 Å². The third kappa shape index (κ3) is 5.02. The Kier molecular flexibility index (Phi) is 6.71. The van der Waals surface area contributed by atoms with Gasteiger partial charge < -0.3 is 24.7 Å². The molecule has 2 fully saturated rings. The first kappa shape index (κ1) is 21.3. The van der Waals surface area contributed by atoms with E-state index in [1.54, 1.807) is 0 Å². The zero-order valence-electron chi connectivity index (χ0n) is 17.8. The Hall–Kier alpha value is -1.96. The maximum absolute atomic E-state index is 12.8. The number of rotatable bonds is 6. The van der Waals surface area contributed by atoms with Crippen LogP contribution in [0.2, 0.25) is 0 Å². The normalized spacial score (nSPS) is 21.3. The van der Waals surface area contributed by atoms with Crippen LogP contribution >= 0.6 is 12.2 Å². The van der Waals surface area contributed by atoms with E-state index in [-0.39, 0.29) is 17.8 Å². The van der Waals surface area contributed by atoms with E-state index in [2.05, 4.69) is 28.2 Å². The van der Waals surface area contributed by atoms with Gasteiger partial charge in [0.05, 0.1) is 18.8 Å². The molecule has 7 heteroatoms. The van der Waals surface area contributed by atoms with Crippen molar-refractivity contribution < 1.29 is 9.47 Å². The van der Waals surface area contributed by atoms with Crippen molar-refractivity contribution in [2.24, 2.45) is 0 Å². The van der Waals surface area contributed by atoms with Crippen molar-refractivity contribution in [3.8, 4) is 0 Å². The van der Waals surface area contributed by atoms with Crippen molar-refractivity contribution in [2.75, 3.05) is 26.3 Å². The summed E-state index contributed by atoms with van der Waals surface area (Å²) in [4.78, 5) is 17.9. The molecule has 0 spiro atoms. The lowest BCUT2D eigenvalue weighted by Crippen LogP contribution is -2.45. The number of pyridine rings is 1. The van der Waals surface area contributed by atoms with Crippen LogP contribution in [0.15, 0.2) is 23.0 Å². The molecule has 1 aromatic heterocycles. The third-order valence-corrected chi connectivity index (χ3v) is 6.39. The summed E-state index contributed by atoms with van der Waals surface area (Å²) >= 11 is 5.72. The molecule has 2 aliphatic heterocycles. The topological polar surface area (TPSA) is 66.6 Å². The van der Waals surface area contributed by atoms with E-state index in [4.69, 9.17) is 21.7 Å². The third-order valence-electron chi connectivity index (χ3n) is 5.99. The van der Waals surface area contributed by atoms with Crippen molar-refractivity contribution in [1.29, 1.82) is 0 Å². The monoisotopic (exact) mass is 429 g/mol. The number of benzene rings is 1. The van der Waals surface area contributed by atoms with Crippen molar-refractivity contribution in [1.82, 2.24) is 15.2 Å². The van der Waals surface area contributed by atoms with Crippen molar-refractivity contribution in [2.45, 2.75) is 58.3 Å². The molecule has 0 saturated carbocycles. The number of nitrogens with zero attached hydrogens (tertiary/aromatic N) is 1. The van der Waals surface area contributed by atoms with E-state index in [0.29, 0.717) is 30.3 Å². The molecular formula is C23H31N3O3S. The highest BCUT2D eigenvalue weighted by Gasteiger charge is 2.23. The SMILES string of the molecule is Cc1cc(C)c2cc(CN(C[C@@H]3CCCO3)C(=S)NC[C@@H]3CCCO3)c(=O)[nH]c2c1. The second-order valence-corrected chi connectivity index (χ2v) is 8.89. The Morgan fingerprint density at radius 2 is 1.90 bits per heavy atom. The summed E-state index contributed by atoms with van der Waals surface area (Å²) in [6.07, 6.45) is 4.62. The molecule has 0 aliphatic carbocycles. The molecule has 3 heterocycles. The number of H-pyrrole nitrogens is 1.